The lowest BCUT2D eigenvalue weighted by molar-refractivity contribution is -0.121. The Hall–Kier alpha value is -1.72. The van der Waals surface area contributed by atoms with E-state index in [-0.39, 0.29) is 18.3 Å². The summed E-state index contributed by atoms with van der Waals surface area (Å²) in [5.74, 6) is -0.0979. The molecule has 0 unspecified atom stereocenters. The van der Waals surface area contributed by atoms with Crippen LogP contribution in [-0.4, -0.2) is 38.1 Å². The van der Waals surface area contributed by atoms with E-state index in [0.29, 0.717) is 37.3 Å². The highest BCUT2D eigenvalue weighted by atomic mass is 16.5. The maximum absolute atomic E-state index is 12.2. The van der Waals surface area contributed by atoms with Crippen LogP contribution < -0.4 is 5.32 Å². The first kappa shape index (κ1) is 21.3. The highest BCUT2D eigenvalue weighted by Crippen LogP contribution is 2.22. The van der Waals surface area contributed by atoms with Crippen LogP contribution in [0.1, 0.15) is 62.4 Å². The van der Waals surface area contributed by atoms with E-state index < -0.39 is 0 Å². The number of carbonyl (C=O) groups excluding carboxylic acids is 2. The zero-order valence-corrected chi connectivity index (χ0v) is 15.7. The van der Waals surface area contributed by atoms with Crippen LogP contribution in [0.3, 0.4) is 0 Å². The van der Waals surface area contributed by atoms with Gasteiger partial charge in [-0.15, -0.1) is 0 Å². The molecule has 1 aromatic carbocycles. The third kappa shape index (κ3) is 7.80. The molecule has 0 fully saturated rings. The minimum atomic E-state index is -0.219. The molecule has 0 aromatic heterocycles. The Bertz CT molecular complexity index is 542. The van der Waals surface area contributed by atoms with Crippen molar-refractivity contribution in [3.63, 3.8) is 0 Å². The molecule has 0 aliphatic carbocycles. The lowest BCUT2D eigenvalue weighted by Gasteiger charge is -2.14. The summed E-state index contributed by atoms with van der Waals surface area (Å²) in [5, 5.41) is 2.85. The molecule has 0 aliphatic rings. The zero-order chi connectivity index (χ0) is 18.5. The van der Waals surface area contributed by atoms with Gasteiger partial charge in [0.05, 0.1) is 13.2 Å². The highest BCUT2D eigenvalue weighted by molar-refractivity contribution is 6.00. The van der Waals surface area contributed by atoms with E-state index in [2.05, 4.69) is 12.2 Å². The topological polar surface area (TPSA) is 64.6 Å². The van der Waals surface area contributed by atoms with Gasteiger partial charge in [0.15, 0.2) is 5.78 Å². The van der Waals surface area contributed by atoms with Crippen molar-refractivity contribution in [1.29, 1.82) is 0 Å². The van der Waals surface area contributed by atoms with E-state index in [4.69, 9.17) is 9.47 Å². The number of hydrogen-bond donors (Lipinski definition) is 1. The molecule has 5 nitrogen and oxygen atoms in total. The van der Waals surface area contributed by atoms with Gasteiger partial charge in [-0.1, -0.05) is 39.3 Å². The summed E-state index contributed by atoms with van der Waals surface area (Å²) in [6.45, 7) is 7.68. The van der Waals surface area contributed by atoms with Gasteiger partial charge in [0.25, 0.3) is 0 Å². The average molecular weight is 349 g/mol. The Labute approximate surface area is 151 Å². The van der Waals surface area contributed by atoms with Crippen molar-refractivity contribution in [1.82, 2.24) is 0 Å². The lowest BCUT2D eigenvalue weighted by atomic mass is 9.97. The molecule has 1 N–H and O–H groups in total. The smallest absolute Gasteiger partial charge is 0.250 e. The Morgan fingerprint density at radius 1 is 1.00 bits per heavy atom. The summed E-state index contributed by atoms with van der Waals surface area (Å²) < 4.78 is 10.7. The third-order valence-electron chi connectivity index (χ3n) is 3.83. The van der Waals surface area contributed by atoms with Crippen molar-refractivity contribution in [3.8, 4) is 0 Å². The van der Waals surface area contributed by atoms with E-state index in [1.807, 2.05) is 26.0 Å². The standard InChI is InChI=1S/C20H31NO4/c1-4-7-12-24-13-14-25-15-20(23)21-18-11-8-10-17(16(18)6-3)19(22)9-5-2/h8,10-11H,4-7,9,12-15H2,1-3H3,(H,21,23). The van der Waals surface area contributed by atoms with Crippen LogP contribution in [0, 0.1) is 0 Å². The van der Waals surface area contributed by atoms with Crippen LogP contribution in [0.4, 0.5) is 5.69 Å². The van der Waals surface area contributed by atoms with Crippen LogP contribution in [0.15, 0.2) is 18.2 Å². The van der Waals surface area contributed by atoms with Crippen LogP contribution >= 0.6 is 0 Å². The summed E-state index contributed by atoms with van der Waals surface area (Å²) in [5.41, 5.74) is 2.28. The molecule has 0 aliphatic heterocycles. The van der Waals surface area contributed by atoms with Crippen molar-refractivity contribution < 1.29 is 19.1 Å². The number of Topliss-reactive ketones (excluding diaryl/α,β-unsaturated/α-hetero) is 1. The SMILES string of the molecule is CCCCOCCOCC(=O)Nc1cccc(C(=O)CCC)c1CC. The zero-order valence-electron chi connectivity index (χ0n) is 15.7. The van der Waals surface area contributed by atoms with Gasteiger partial charge < -0.3 is 14.8 Å². The third-order valence-corrected chi connectivity index (χ3v) is 3.83. The molecule has 0 saturated carbocycles. The van der Waals surface area contributed by atoms with Gasteiger partial charge in [0.1, 0.15) is 6.61 Å². The van der Waals surface area contributed by atoms with Crippen LogP contribution in [0.2, 0.25) is 0 Å². The van der Waals surface area contributed by atoms with Gasteiger partial charge >= 0.3 is 0 Å². The number of anilines is 1. The minimum absolute atomic E-state index is 0.0204. The lowest BCUT2D eigenvalue weighted by Crippen LogP contribution is -2.21. The van der Waals surface area contributed by atoms with E-state index in [9.17, 15) is 9.59 Å². The largest absolute Gasteiger partial charge is 0.379 e. The molecule has 0 saturated heterocycles. The number of rotatable bonds is 13. The van der Waals surface area contributed by atoms with Gasteiger partial charge in [0.2, 0.25) is 5.91 Å². The summed E-state index contributed by atoms with van der Waals surface area (Å²) in [7, 11) is 0. The molecule has 0 radical (unpaired) electrons. The van der Waals surface area contributed by atoms with Crippen molar-refractivity contribution >= 4 is 17.4 Å². The fourth-order valence-electron chi connectivity index (χ4n) is 2.53. The molecule has 0 bridgehead atoms. The van der Waals surface area contributed by atoms with Crippen molar-refractivity contribution in [3.05, 3.63) is 29.3 Å². The van der Waals surface area contributed by atoms with Crippen LogP contribution in [0.5, 0.6) is 0 Å². The number of unbranched alkanes of at least 4 members (excludes halogenated alkanes) is 1. The molecule has 5 heteroatoms. The molecule has 0 spiro atoms. The minimum Gasteiger partial charge on any atom is -0.379 e. The maximum atomic E-state index is 12.2. The number of ketones is 1. The Morgan fingerprint density at radius 3 is 2.44 bits per heavy atom. The molecule has 1 amide bonds. The highest BCUT2D eigenvalue weighted by Gasteiger charge is 2.14. The number of carbonyl (C=O) groups is 2. The summed E-state index contributed by atoms with van der Waals surface area (Å²) >= 11 is 0. The quantitative estimate of drug-likeness (QED) is 0.432. The fourth-order valence-corrected chi connectivity index (χ4v) is 2.53. The summed E-state index contributed by atoms with van der Waals surface area (Å²) in [6.07, 6.45) is 4.15. The van der Waals surface area contributed by atoms with E-state index in [1.165, 1.54) is 0 Å². The predicted octanol–water partition coefficient (Wildman–Crippen LogP) is 4.00. The molecular formula is C20H31NO4. The second-order valence-electron chi connectivity index (χ2n) is 5.93. The van der Waals surface area contributed by atoms with Crippen molar-refractivity contribution in [2.45, 2.75) is 52.9 Å². The Balaban J connectivity index is 2.51. The molecular weight excluding hydrogens is 318 g/mol. The number of hydrogen-bond acceptors (Lipinski definition) is 4. The summed E-state index contributed by atoms with van der Waals surface area (Å²) in [4.78, 5) is 24.3. The number of amides is 1. The van der Waals surface area contributed by atoms with Crippen LogP contribution in [-0.2, 0) is 20.7 Å². The second-order valence-corrected chi connectivity index (χ2v) is 5.93. The van der Waals surface area contributed by atoms with Gasteiger partial charge in [-0.2, -0.15) is 0 Å². The normalized spacial score (nSPS) is 10.7. The van der Waals surface area contributed by atoms with E-state index in [0.717, 1.165) is 31.4 Å². The molecule has 25 heavy (non-hydrogen) atoms. The molecule has 0 atom stereocenters. The first-order valence-electron chi connectivity index (χ1n) is 9.24. The number of nitrogens with one attached hydrogen (secondary N) is 1. The Kier molecular flexibility index (Phi) is 10.8. The maximum Gasteiger partial charge on any atom is 0.250 e. The second kappa shape index (κ2) is 12.6. The number of ether oxygens (including phenoxy) is 2. The number of benzene rings is 1. The fraction of sp³-hybridized carbons (Fsp3) is 0.600. The van der Waals surface area contributed by atoms with Gasteiger partial charge in [-0.05, 0) is 30.9 Å². The average Bonchev–Trinajstić information content (AvgIpc) is 2.61. The van der Waals surface area contributed by atoms with E-state index in [1.54, 1.807) is 6.07 Å². The predicted molar refractivity (Wildman–Crippen MR) is 100 cm³/mol. The molecule has 140 valence electrons. The van der Waals surface area contributed by atoms with Crippen LogP contribution in [0.25, 0.3) is 0 Å². The summed E-state index contributed by atoms with van der Waals surface area (Å²) in [6, 6.07) is 5.46. The monoisotopic (exact) mass is 349 g/mol. The molecule has 1 rings (SSSR count). The van der Waals surface area contributed by atoms with Gasteiger partial charge in [-0.3, -0.25) is 9.59 Å². The van der Waals surface area contributed by atoms with Gasteiger partial charge in [0, 0.05) is 24.3 Å². The first-order valence-corrected chi connectivity index (χ1v) is 9.24. The molecule has 1 aromatic rings. The van der Waals surface area contributed by atoms with E-state index >= 15 is 0 Å². The Morgan fingerprint density at radius 2 is 1.76 bits per heavy atom. The van der Waals surface area contributed by atoms with Crippen molar-refractivity contribution in [2.24, 2.45) is 0 Å². The first-order chi connectivity index (χ1) is 12.1. The molecule has 0 heterocycles. The van der Waals surface area contributed by atoms with Gasteiger partial charge in [-0.25, -0.2) is 0 Å². The van der Waals surface area contributed by atoms with Crippen molar-refractivity contribution in [2.75, 3.05) is 31.7 Å².